The summed E-state index contributed by atoms with van der Waals surface area (Å²) in [5.41, 5.74) is 15.1. The predicted molar refractivity (Wildman–Crippen MR) is 69.1 cm³/mol. The Morgan fingerprint density at radius 2 is 0.824 bits per heavy atom. The SMILES string of the molecule is Nc1ccc(-c2ccc(N)cc2)cc1.[NH2][Ni][NH2]. The first-order valence-corrected chi connectivity index (χ1v) is 5.98. The number of hydrogen-bond acceptors (Lipinski definition) is 4. The van der Waals surface area contributed by atoms with Crippen LogP contribution >= 0.6 is 0 Å². The maximum atomic E-state index is 5.61. The van der Waals surface area contributed by atoms with Gasteiger partial charge in [0.2, 0.25) is 0 Å². The van der Waals surface area contributed by atoms with E-state index >= 15 is 0 Å². The molecule has 0 aliphatic heterocycles. The van der Waals surface area contributed by atoms with Gasteiger partial charge in [0, 0.05) is 11.4 Å². The Morgan fingerprint density at radius 3 is 1.06 bits per heavy atom. The molecule has 17 heavy (non-hydrogen) atoms. The molecule has 0 bridgehead atoms. The molecule has 0 amide bonds. The van der Waals surface area contributed by atoms with Gasteiger partial charge >= 0.3 is 24.5 Å². The third kappa shape index (κ3) is 4.45. The number of benzene rings is 2. The Bertz CT molecular complexity index is 396. The van der Waals surface area contributed by atoms with Crippen LogP contribution in [0.15, 0.2) is 48.5 Å². The summed E-state index contributed by atoms with van der Waals surface area (Å²) in [6.07, 6.45) is 0. The summed E-state index contributed by atoms with van der Waals surface area (Å²) >= 11 is 0.625. The van der Waals surface area contributed by atoms with Crippen molar-refractivity contribution in [3.05, 3.63) is 48.5 Å². The topological polar surface area (TPSA) is 104 Å². The third-order valence-corrected chi connectivity index (χ3v) is 2.15. The van der Waals surface area contributed by atoms with E-state index in [1.54, 1.807) is 0 Å². The van der Waals surface area contributed by atoms with Crippen molar-refractivity contribution in [2.75, 3.05) is 11.5 Å². The van der Waals surface area contributed by atoms with E-state index in [1.807, 2.05) is 48.5 Å². The molecule has 0 saturated carbocycles. The van der Waals surface area contributed by atoms with Crippen LogP contribution in [0.1, 0.15) is 0 Å². The molecule has 2 aromatic rings. The second-order valence-corrected chi connectivity index (χ2v) is 3.68. The number of nitrogen functional groups attached to an aromatic ring is 2. The number of nitrogens with two attached hydrogens (primary N) is 4. The molecular formula is C12H16N4Ni. The van der Waals surface area contributed by atoms with Gasteiger partial charge in [-0.1, -0.05) is 24.3 Å². The average molecular weight is 275 g/mol. The predicted octanol–water partition coefficient (Wildman–Crippen LogP) is 1.33. The molecule has 4 nitrogen and oxygen atoms in total. The first-order chi connectivity index (χ1) is 8.17. The molecule has 0 aromatic heterocycles. The van der Waals surface area contributed by atoms with Gasteiger partial charge in [-0.25, -0.2) is 0 Å². The third-order valence-electron chi connectivity index (χ3n) is 2.15. The van der Waals surface area contributed by atoms with E-state index in [2.05, 4.69) is 9.63 Å². The zero-order valence-electron chi connectivity index (χ0n) is 9.24. The van der Waals surface area contributed by atoms with Gasteiger partial charge in [0.15, 0.2) is 0 Å². The summed E-state index contributed by atoms with van der Waals surface area (Å²) in [6, 6.07) is 15.6. The van der Waals surface area contributed by atoms with E-state index in [1.165, 1.54) is 0 Å². The van der Waals surface area contributed by atoms with Crippen molar-refractivity contribution in [3.8, 4) is 11.1 Å². The first-order valence-electron chi connectivity index (χ1n) is 4.84. The number of anilines is 2. The van der Waals surface area contributed by atoms with E-state index in [9.17, 15) is 0 Å². The van der Waals surface area contributed by atoms with Crippen LogP contribution in [-0.2, 0) is 14.9 Å². The molecule has 0 saturated heterocycles. The molecule has 2 aromatic carbocycles. The number of rotatable bonds is 1. The van der Waals surface area contributed by atoms with Gasteiger partial charge in [0.1, 0.15) is 0 Å². The second-order valence-electron chi connectivity index (χ2n) is 3.35. The fraction of sp³-hybridized carbons (Fsp3) is 0. The molecule has 8 N–H and O–H groups in total. The van der Waals surface area contributed by atoms with Gasteiger partial charge in [0.05, 0.1) is 0 Å². The average Bonchev–Trinajstić information content (AvgIpc) is 2.32. The quantitative estimate of drug-likeness (QED) is 0.465. The van der Waals surface area contributed by atoms with Crippen molar-refractivity contribution < 1.29 is 14.9 Å². The van der Waals surface area contributed by atoms with E-state index < -0.39 is 0 Å². The van der Waals surface area contributed by atoms with Crippen molar-refractivity contribution in [3.63, 3.8) is 0 Å². The van der Waals surface area contributed by atoms with Crippen LogP contribution in [0.5, 0.6) is 0 Å². The van der Waals surface area contributed by atoms with Gasteiger partial charge in [-0.3, -0.25) is 0 Å². The van der Waals surface area contributed by atoms with Crippen molar-refractivity contribution in [1.29, 1.82) is 0 Å². The standard InChI is InChI=1S/C12H12N2.2H2N.Ni/c13-11-5-1-9(2-6-11)10-3-7-12(14)8-4-10;;;/h1-8H,13-14H2;2*1H2;/q;2*-1;+2. The van der Waals surface area contributed by atoms with Gasteiger partial charge in [-0.15, -0.1) is 0 Å². The van der Waals surface area contributed by atoms with Gasteiger partial charge in [-0.2, -0.15) is 0 Å². The zero-order chi connectivity index (χ0) is 12.7. The van der Waals surface area contributed by atoms with Crippen LogP contribution in [0.25, 0.3) is 11.1 Å². The van der Waals surface area contributed by atoms with Crippen LogP contribution in [0, 0.1) is 0 Å². The fourth-order valence-electron chi connectivity index (χ4n) is 1.35. The Kier molecular flexibility index (Phi) is 5.50. The van der Waals surface area contributed by atoms with E-state index in [4.69, 9.17) is 11.5 Å². The van der Waals surface area contributed by atoms with Gasteiger partial charge < -0.3 is 11.5 Å². The maximum absolute atomic E-state index is 5.61. The Labute approximate surface area is 107 Å². The molecule has 0 radical (unpaired) electrons. The van der Waals surface area contributed by atoms with Gasteiger partial charge in [-0.05, 0) is 35.4 Å². The molecule has 0 aliphatic rings. The van der Waals surface area contributed by atoms with Crippen molar-refractivity contribution in [2.45, 2.75) is 0 Å². The molecule has 0 heterocycles. The van der Waals surface area contributed by atoms with Crippen molar-refractivity contribution in [1.82, 2.24) is 0 Å². The Hall–Kier alpha value is -1.55. The minimum absolute atomic E-state index is 0.625. The molecular weight excluding hydrogens is 259 g/mol. The molecule has 0 spiro atoms. The van der Waals surface area contributed by atoms with Crippen LogP contribution in [-0.4, -0.2) is 0 Å². The summed E-state index contributed by atoms with van der Waals surface area (Å²) < 4.78 is 0. The summed E-state index contributed by atoms with van der Waals surface area (Å²) in [5.74, 6) is 0. The summed E-state index contributed by atoms with van der Waals surface area (Å²) in [6.45, 7) is 0. The summed E-state index contributed by atoms with van der Waals surface area (Å²) in [7, 11) is 0. The molecule has 5 heteroatoms. The summed E-state index contributed by atoms with van der Waals surface area (Å²) in [5, 5.41) is 0. The molecule has 0 fully saturated rings. The minimum atomic E-state index is 0.625. The van der Waals surface area contributed by atoms with Crippen LogP contribution in [0.3, 0.4) is 0 Å². The van der Waals surface area contributed by atoms with E-state index in [0.717, 1.165) is 22.5 Å². The summed E-state index contributed by atoms with van der Waals surface area (Å²) in [4.78, 5) is 9.12. The zero-order valence-corrected chi connectivity index (χ0v) is 10.2. The van der Waals surface area contributed by atoms with Crippen LogP contribution < -0.4 is 21.1 Å². The van der Waals surface area contributed by atoms with E-state index in [-0.39, 0.29) is 0 Å². The monoisotopic (exact) mass is 274 g/mol. The number of hydrogen-bond donors (Lipinski definition) is 4. The Balaban J connectivity index is 0.000000437. The van der Waals surface area contributed by atoms with Crippen molar-refractivity contribution in [2.24, 2.45) is 9.63 Å². The first kappa shape index (κ1) is 13.5. The second kappa shape index (κ2) is 6.91. The molecule has 0 atom stereocenters. The van der Waals surface area contributed by atoms with Crippen LogP contribution in [0.2, 0.25) is 0 Å². The van der Waals surface area contributed by atoms with Crippen LogP contribution in [0.4, 0.5) is 11.4 Å². The Morgan fingerprint density at radius 1 is 0.588 bits per heavy atom. The van der Waals surface area contributed by atoms with Gasteiger partial charge in [0.25, 0.3) is 0 Å². The molecule has 0 aliphatic carbocycles. The van der Waals surface area contributed by atoms with Crippen molar-refractivity contribution >= 4 is 11.4 Å². The molecule has 2 rings (SSSR count). The molecule has 0 unspecified atom stereocenters. The van der Waals surface area contributed by atoms with E-state index in [0.29, 0.717) is 14.9 Å². The normalized spacial score (nSPS) is 9.53. The fourth-order valence-corrected chi connectivity index (χ4v) is 1.35. The molecule has 94 valence electrons.